The Bertz CT molecular complexity index is 99.0. The third-order valence-electron chi connectivity index (χ3n) is 2.42. The molecule has 1 aliphatic heterocycles. The van der Waals surface area contributed by atoms with E-state index >= 15 is 0 Å². The number of piperidine rings is 1. The fourth-order valence-electron chi connectivity index (χ4n) is 1.69. The minimum absolute atomic E-state index is 0. The average molecular weight is 157 g/mol. The Morgan fingerprint density at radius 3 is 2.36 bits per heavy atom. The van der Waals surface area contributed by atoms with Crippen LogP contribution in [0.25, 0.3) is 0 Å². The van der Waals surface area contributed by atoms with Crippen LogP contribution in [-0.4, -0.2) is 24.0 Å². The third kappa shape index (κ3) is 3.24. The van der Waals surface area contributed by atoms with E-state index in [0.29, 0.717) is 0 Å². The van der Waals surface area contributed by atoms with Gasteiger partial charge in [0.05, 0.1) is 0 Å². The fourth-order valence-corrected chi connectivity index (χ4v) is 1.69. The highest BCUT2D eigenvalue weighted by molar-refractivity contribution is 4.71. The van der Waals surface area contributed by atoms with Crippen LogP contribution >= 0.6 is 0 Å². The molecule has 0 bridgehead atoms. The molecule has 0 N–H and O–H groups in total. The van der Waals surface area contributed by atoms with Gasteiger partial charge in [-0.3, -0.25) is 0 Å². The van der Waals surface area contributed by atoms with Crippen molar-refractivity contribution >= 4 is 0 Å². The Morgan fingerprint density at radius 2 is 2.00 bits per heavy atom. The molecule has 1 atom stereocenters. The predicted octanol–water partition coefficient (Wildman–Crippen LogP) is 2.76. The van der Waals surface area contributed by atoms with Crippen LogP contribution in [0.4, 0.5) is 0 Å². The minimum Gasteiger partial charge on any atom is -0.301 e. The zero-order valence-corrected chi connectivity index (χ0v) is 7.43. The lowest BCUT2D eigenvalue weighted by molar-refractivity contribution is 0.147. The molecule has 1 heterocycles. The first-order chi connectivity index (χ1) is 4.70. The highest BCUT2D eigenvalue weighted by Gasteiger charge is 2.17. The summed E-state index contributed by atoms with van der Waals surface area (Å²) in [4.78, 5) is 2.58. The van der Waals surface area contributed by atoms with Gasteiger partial charge in [0, 0.05) is 12.6 Å². The van der Waals surface area contributed by atoms with Gasteiger partial charge in [0.15, 0.2) is 0 Å². The van der Waals surface area contributed by atoms with Gasteiger partial charge in [0.2, 0.25) is 0 Å². The Morgan fingerprint density at radius 1 is 1.36 bits per heavy atom. The minimum atomic E-state index is 0. The van der Waals surface area contributed by atoms with E-state index in [-0.39, 0.29) is 7.43 Å². The fraction of sp³-hybridized carbons (Fsp3) is 1.00. The molecule has 1 unspecified atom stereocenters. The number of hydrogen-bond acceptors (Lipinski definition) is 1. The van der Waals surface area contributed by atoms with Crippen molar-refractivity contribution < 1.29 is 0 Å². The third-order valence-corrected chi connectivity index (χ3v) is 2.42. The van der Waals surface area contributed by atoms with Crippen LogP contribution in [0, 0.1) is 5.92 Å². The lowest BCUT2D eigenvalue weighted by Crippen LogP contribution is -2.38. The van der Waals surface area contributed by atoms with Crippen LogP contribution in [0.5, 0.6) is 0 Å². The summed E-state index contributed by atoms with van der Waals surface area (Å²) in [7, 11) is 0. The van der Waals surface area contributed by atoms with Crippen molar-refractivity contribution in [2.24, 2.45) is 5.92 Å². The van der Waals surface area contributed by atoms with Crippen LogP contribution in [0.1, 0.15) is 41.0 Å². The molecule has 0 amide bonds. The Balaban J connectivity index is 0.000001000. The normalized spacial score (nSPS) is 26.7. The second-order valence-electron chi connectivity index (χ2n) is 3.84. The lowest BCUT2D eigenvalue weighted by atomic mass is 9.99. The second-order valence-corrected chi connectivity index (χ2v) is 3.84. The van der Waals surface area contributed by atoms with E-state index in [4.69, 9.17) is 0 Å². The van der Waals surface area contributed by atoms with Gasteiger partial charge in [0.1, 0.15) is 0 Å². The highest BCUT2D eigenvalue weighted by atomic mass is 15.1. The average Bonchev–Trinajstić information content (AvgIpc) is 1.88. The van der Waals surface area contributed by atoms with E-state index in [9.17, 15) is 0 Å². The molecule has 1 fully saturated rings. The number of likely N-dealkylation sites (tertiary alicyclic amines) is 1. The number of rotatable bonds is 1. The summed E-state index contributed by atoms with van der Waals surface area (Å²) >= 11 is 0. The Kier molecular flexibility index (Phi) is 4.74. The van der Waals surface area contributed by atoms with Crippen molar-refractivity contribution in [1.29, 1.82) is 0 Å². The van der Waals surface area contributed by atoms with Crippen LogP contribution in [-0.2, 0) is 0 Å². The smallest absolute Gasteiger partial charge is 0.00387 e. The van der Waals surface area contributed by atoms with Crippen molar-refractivity contribution in [3.05, 3.63) is 0 Å². The number of nitrogens with zero attached hydrogens (tertiary/aromatic N) is 1. The summed E-state index contributed by atoms with van der Waals surface area (Å²) in [5.74, 6) is 0.927. The second kappa shape index (κ2) is 4.76. The molecule has 1 rings (SSSR count). The molecule has 0 radical (unpaired) electrons. The maximum atomic E-state index is 2.58. The first-order valence-corrected chi connectivity index (χ1v) is 4.44. The molecule has 68 valence electrons. The molecule has 0 aromatic carbocycles. The van der Waals surface area contributed by atoms with Gasteiger partial charge in [-0.2, -0.15) is 0 Å². The molecular weight excluding hydrogens is 134 g/mol. The van der Waals surface area contributed by atoms with Crippen molar-refractivity contribution in [3.63, 3.8) is 0 Å². The maximum absolute atomic E-state index is 2.58. The SMILES string of the molecule is C.CC1CCCN(C(C)C)C1. The summed E-state index contributed by atoms with van der Waals surface area (Å²) in [6.07, 6.45) is 2.84. The van der Waals surface area contributed by atoms with E-state index in [0.717, 1.165) is 12.0 Å². The molecule has 1 nitrogen and oxygen atoms in total. The van der Waals surface area contributed by atoms with Crippen LogP contribution in [0.15, 0.2) is 0 Å². The maximum Gasteiger partial charge on any atom is 0.00387 e. The Hall–Kier alpha value is -0.0400. The molecular formula is C10H23N. The van der Waals surface area contributed by atoms with Gasteiger partial charge in [0.25, 0.3) is 0 Å². The lowest BCUT2D eigenvalue weighted by Gasteiger charge is -2.33. The van der Waals surface area contributed by atoms with Crippen LogP contribution in [0.3, 0.4) is 0 Å². The zero-order chi connectivity index (χ0) is 7.56. The predicted molar refractivity (Wildman–Crippen MR) is 51.8 cm³/mol. The topological polar surface area (TPSA) is 3.24 Å². The molecule has 1 heteroatoms. The van der Waals surface area contributed by atoms with Gasteiger partial charge in [-0.1, -0.05) is 14.4 Å². The quantitative estimate of drug-likeness (QED) is 0.565. The van der Waals surface area contributed by atoms with E-state index in [1.807, 2.05) is 0 Å². The van der Waals surface area contributed by atoms with E-state index < -0.39 is 0 Å². The largest absolute Gasteiger partial charge is 0.301 e. The van der Waals surface area contributed by atoms with Crippen molar-refractivity contribution in [2.75, 3.05) is 13.1 Å². The van der Waals surface area contributed by atoms with Gasteiger partial charge in [-0.15, -0.1) is 0 Å². The zero-order valence-electron chi connectivity index (χ0n) is 7.43. The van der Waals surface area contributed by atoms with Crippen molar-refractivity contribution in [1.82, 2.24) is 4.90 Å². The molecule has 1 aliphatic rings. The van der Waals surface area contributed by atoms with Crippen LogP contribution in [0.2, 0.25) is 0 Å². The Labute approximate surface area is 71.8 Å². The van der Waals surface area contributed by atoms with Gasteiger partial charge in [-0.05, 0) is 39.2 Å². The van der Waals surface area contributed by atoms with E-state index in [2.05, 4.69) is 25.7 Å². The summed E-state index contributed by atoms with van der Waals surface area (Å²) < 4.78 is 0. The van der Waals surface area contributed by atoms with Crippen molar-refractivity contribution in [3.8, 4) is 0 Å². The molecule has 0 aromatic rings. The molecule has 1 saturated heterocycles. The highest BCUT2D eigenvalue weighted by Crippen LogP contribution is 2.16. The molecule has 0 spiro atoms. The first kappa shape index (κ1) is 11.0. The number of hydrogen-bond donors (Lipinski definition) is 0. The molecule has 0 saturated carbocycles. The van der Waals surface area contributed by atoms with Crippen LogP contribution < -0.4 is 0 Å². The van der Waals surface area contributed by atoms with Gasteiger partial charge in [-0.25, -0.2) is 0 Å². The summed E-state index contributed by atoms with van der Waals surface area (Å²) in [6, 6.07) is 0.753. The summed E-state index contributed by atoms with van der Waals surface area (Å²) in [5, 5.41) is 0. The van der Waals surface area contributed by atoms with Gasteiger partial charge >= 0.3 is 0 Å². The molecule has 11 heavy (non-hydrogen) atoms. The molecule has 0 aliphatic carbocycles. The summed E-state index contributed by atoms with van der Waals surface area (Å²) in [5.41, 5.74) is 0. The van der Waals surface area contributed by atoms with E-state index in [1.165, 1.54) is 25.9 Å². The van der Waals surface area contributed by atoms with E-state index in [1.54, 1.807) is 0 Å². The standard InChI is InChI=1S/C9H19N.CH4/c1-8(2)10-6-4-5-9(3)7-10;/h8-9H,4-7H2,1-3H3;1H4. The first-order valence-electron chi connectivity index (χ1n) is 4.44. The van der Waals surface area contributed by atoms with Crippen molar-refractivity contribution in [2.45, 2.75) is 47.1 Å². The monoisotopic (exact) mass is 157 g/mol. The summed E-state index contributed by atoms with van der Waals surface area (Å²) in [6.45, 7) is 9.57. The van der Waals surface area contributed by atoms with Gasteiger partial charge < -0.3 is 4.90 Å². The molecule has 0 aromatic heterocycles.